The summed E-state index contributed by atoms with van der Waals surface area (Å²) < 4.78 is 27.0. The molecule has 0 amide bonds. The van der Waals surface area contributed by atoms with Gasteiger partial charge in [0.25, 0.3) is 0 Å². The molecule has 1 aromatic rings. The molecule has 0 aromatic heterocycles. The number of nitrogens with zero attached hydrogens (tertiary/aromatic N) is 1. The number of sulfonamides is 1. The van der Waals surface area contributed by atoms with Gasteiger partial charge in [-0.05, 0) is 39.5 Å². The van der Waals surface area contributed by atoms with Crippen molar-refractivity contribution in [3.05, 3.63) is 28.2 Å². The Kier molecular flexibility index (Phi) is 5.98. The van der Waals surface area contributed by atoms with Gasteiger partial charge < -0.3 is 5.73 Å². The van der Waals surface area contributed by atoms with E-state index >= 15 is 0 Å². The van der Waals surface area contributed by atoms with Crippen LogP contribution in [-0.4, -0.2) is 26.3 Å². The van der Waals surface area contributed by atoms with Gasteiger partial charge in [0.2, 0.25) is 10.0 Å². The van der Waals surface area contributed by atoms with Crippen LogP contribution < -0.4 is 5.73 Å². The lowest BCUT2D eigenvalue weighted by atomic mass is 10.1. The highest BCUT2D eigenvalue weighted by Crippen LogP contribution is 2.26. The normalized spacial score (nSPS) is 13.8. The Morgan fingerprint density at radius 3 is 2.58 bits per heavy atom. The zero-order valence-electron chi connectivity index (χ0n) is 11.6. The van der Waals surface area contributed by atoms with E-state index in [4.69, 9.17) is 5.73 Å². The van der Waals surface area contributed by atoms with E-state index in [1.165, 1.54) is 4.31 Å². The molecule has 1 unspecified atom stereocenters. The minimum absolute atomic E-state index is 0.279. The highest BCUT2D eigenvalue weighted by molar-refractivity contribution is 9.10. The molecule has 0 bridgehead atoms. The second-order valence-corrected chi connectivity index (χ2v) is 7.64. The number of halogens is 1. The lowest BCUT2D eigenvalue weighted by Crippen LogP contribution is -2.31. The minimum atomic E-state index is -3.48. The first-order valence-electron chi connectivity index (χ1n) is 6.27. The second kappa shape index (κ2) is 6.83. The minimum Gasteiger partial charge on any atom is -0.326 e. The van der Waals surface area contributed by atoms with Crippen molar-refractivity contribution in [3.63, 3.8) is 0 Å². The highest BCUT2D eigenvalue weighted by Gasteiger charge is 2.24. The van der Waals surface area contributed by atoms with Crippen LogP contribution in [0, 0.1) is 5.92 Å². The maximum atomic E-state index is 12.5. The van der Waals surface area contributed by atoms with Crippen LogP contribution in [-0.2, 0) is 16.6 Å². The maximum Gasteiger partial charge on any atom is 0.243 e. The summed E-state index contributed by atoms with van der Waals surface area (Å²) in [6.07, 6.45) is 0.948. The lowest BCUT2D eigenvalue weighted by Gasteiger charge is -2.21. The van der Waals surface area contributed by atoms with Gasteiger partial charge in [-0.25, -0.2) is 12.7 Å². The molecule has 1 rings (SSSR count). The van der Waals surface area contributed by atoms with E-state index < -0.39 is 10.0 Å². The van der Waals surface area contributed by atoms with Gasteiger partial charge in [-0.15, -0.1) is 0 Å². The molecule has 0 saturated carbocycles. The molecule has 2 N–H and O–H groups in total. The van der Waals surface area contributed by atoms with Gasteiger partial charge in [-0.3, -0.25) is 0 Å². The fourth-order valence-corrected chi connectivity index (χ4v) is 3.97. The molecule has 6 heteroatoms. The van der Waals surface area contributed by atoms with Crippen LogP contribution in [0.15, 0.2) is 27.6 Å². The molecule has 1 atom stereocenters. The standard InChI is InChI=1S/C13H21BrN2O2S/c1-4-10(2)9-16(3)19(17,18)13-7-11(8-15)5-6-12(13)14/h5-7,10H,4,8-9,15H2,1-3H3. The van der Waals surface area contributed by atoms with Gasteiger partial charge in [-0.1, -0.05) is 26.3 Å². The maximum absolute atomic E-state index is 12.5. The third-order valence-electron chi connectivity index (χ3n) is 3.19. The SMILES string of the molecule is CCC(C)CN(C)S(=O)(=O)c1cc(CN)ccc1Br. The Hall–Kier alpha value is -0.430. The number of rotatable bonds is 6. The van der Waals surface area contributed by atoms with E-state index in [9.17, 15) is 8.42 Å². The van der Waals surface area contributed by atoms with Crippen molar-refractivity contribution in [2.75, 3.05) is 13.6 Å². The van der Waals surface area contributed by atoms with E-state index in [0.29, 0.717) is 23.5 Å². The molecule has 0 aliphatic rings. The summed E-state index contributed by atoms with van der Waals surface area (Å²) in [7, 11) is -1.86. The molecule has 0 heterocycles. The average Bonchev–Trinajstić information content (AvgIpc) is 2.38. The first-order valence-corrected chi connectivity index (χ1v) is 8.51. The van der Waals surface area contributed by atoms with Crippen LogP contribution >= 0.6 is 15.9 Å². The fourth-order valence-electron chi connectivity index (χ4n) is 1.71. The number of hydrogen-bond donors (Lipinski definition) is 1. The number of benzene rings is 1. The van der Waals surface area contributed by atoms with Crippen molar-refractivity contribution in [1.29, 1.82) is 0 Å². The van der Waals surface area contributed by atoms with Crippen LogP contribution in [0.1, 0.15) is 25.8 Å². The van der Waals surface area contributed by atoms with Crippen LogP contribution in [0.5, 0.6) is 0 Å². The third kappa shape index (κ3) is 4.02. The van der Waals surface area contributed by atoms with E-state index in [0.717, 1.165) is 12.0 Å². The van der Waals surface area contributed by atoms with Crippen LogP contribution in [0.25, 0.3) is 0 Å². The lowest BCUT2D eigenvalue weighted by molar-refractivity contribution is 0.393. The first-order chi connectivity index (χ1) is 8.82. The predicted octanol–water partition coefficient (Wildman–Crippen LogP) is 2.57. The van der Waals surface area contributed by atoms with Gasteiger partial charge in [0.05, 0.1) is 4.90 Å². The second-order valence-electron chi connectivity index (χ2n) is 4.77. The Bertz CT molecular complexity index is 531. The summed E-state index contributed by atoms with van der Waals surface area (Å²) in [4.78, 5) is 0.279. The first kappa shape index (κ1) is 16.6. The van der Waals surface area contributed by atoms with E-state index in [2.05, 4.69) is 22.9 Å². The zero-order valence-corrected chi connectivity index (χ0v) is 14.0. The van der Waals surface area contributed by atoms with Crippen LogP contribution in [0.2, 0.25) is 0 Å². The van der Waals surface area contributed by atoms with Gasteiger partial charge in [0.15, 0.2) is 0 Å². The van der Waals surface area contributed by atoms with E-state index in [1.807, 2.05) is 13.0 Å². The smallest absolute Gasteiger partial charge is 0.243 e. The summed E-state index contributed by atoms with van der Waals surface area (Å²) in [6.45, 7) is 4.93. The molecule has 0 aliphatic carbocycles. The van der Waals surface area contributed by atoms with Gasteiger partial charge in [0.1, 0.15) is 0 Å². The van der Waals surface area contributed by atoms with Crippen LogP contribution in [0.4, 0.5) is 0 Å². The van der Waals surface area contributed by atoms with Crippen LogP contribution in [0.3, 0.4) is 0 Å². The number of hydrogen-bond acceptors (Lipinski definition) is 3. The topological polar surface area (TPSA) is 63.4 Å². The summed E-state index contributed by atoms with van der Waals surface area (Å²) in [5.41, 5.74) is 6.37. The van der Waals surface area contributed by atoms with Crippen molar-refractivity contribution < 1.29 is 8.42 Å². The molecular weight excluding hydrogens is 328 g/mol. The Labute approximate surface area is 124 Å². The Morgan fingerprint density at radius 1 is 1.42 bits per heavy atom. The zero-order chi connectivity index (χ0) is 14.6. The summed E-state index contributed by atoms with van der Waals surface area (Å²) in [5, 5.41) is 0. The average molecular weight is 349 g/mol. The van der Waals surface area contributed by atoms with Crippen molar-refractivity contribution in [2.45, 2.75) is 31.7 Å². The van der Waals surface area contributed by atoms with Gasteiger partial charge >= 0.3 is 0 Å². The fraction of sp³-hybridized carbons (Fsp3) is 0.538. The van der Waals surface area contributed by atoms with Crippen molar-refractivity contribution in [1.82, 2.24) is 4.31 Å². The van der Waals surface area contributed by atoms with Crippen molar-refractivity contribution in [3.8, 4) is 0 Å². The molecule has 0 radical (unpaired) electrons. The molecule has 0 saturated heterocycles. The molecule has 1 aromatic carbocycles. The van der Waals surface area contributed by atoms with Crippen molar-refractivity contribution >= 4 is 26.0 Å². The molecule has 19 heavy (non-hydrogen) atoms. The highest BCUT2D eigenvalue weighted by atomic mass is 79.9. The molecule has 0 fully saturated rings. The van der Waals surface area contributed by atoms with E-state index in [1.54, 1.807) is 19.2 Å². The third-order valence-corrected chi connectivity index (χ3v) is 6.00. The largest absolute Gasteiger partial charge is 0.326 e. The van der Waals surface area contributed by atoms with Gasteiger partial charge in [0, 0.05) is 24.6 Å². The van der Waals surface area contributed by atoms with Gasteiger partial charge in [-0.2, -0.15) is 0 Å². The summed E-state index contributed by atoms with van der Waals surface area (Å²) in [5.74, 6) is 0.330. The summed E-state index contributed by atoms with van der Waals surface area (Å²) >= 11 is 3.30. The molecule has 108 valence electrons. The molecule has 4 nitrogen and oxygen atoms in total. The molecular formula is C13H21BrN2O2S. The quantitative estimate of drug-likeness (QED) is 0.859. The molecule has 0 spiro atoms. The predicted molar refractivity (Wildman–Crippen MR) is 81.3 cm³/mol. The van der Waals surface area contributed by atoms with Crippen molar-refractivity contribution in [2.24, 2.45) is 11.7 Å². The number of nitrogens with two attached hydrogens (primary N) is 1. The summed E-state index contributed by atoms with van der Waals surface area (Å²) in [6, 6.07) is 5.18. The monoisotopic (exact) mass is 348 g/mol. The Morgan fingerprint density at radius 2 is 2.05 bits per heavy atom. The van der Waals surface area contributed by atoms with E-state index in [-0.39, 0.29) is 4.90 Å². The molecule has 0 aliphatic heterocycles. The Balaban J connectivity index is 3.12.